The number of carbonyl (C=O) groups excluding carboxylic acids is 1. The monoisotopic (exact) mass is 382 g/mol. The molecule has 7 heteroatoms. The molecule has 0 aliphatic carbocycles. The number of para-hydroxylation sites is 1. The van der Waals surface area contributed by atoms with Crippen LogP contribution in [0.2, 0.25) is 0 Å². The second-order valence-electron chi connectivity index (χ2n) is 5.68. The topological polar surface area (TPSA) is 84.5 Å². The summed E-state index contributed by atoms with van der Waals surface area (Å²) in [4.78, 5) is 12.3. The molecule has 0 saturated heterocycles. The third kappa shape index (κ3) is 5.32. The number of amides is 1. The van der Waals surface area contributed by atoms with E-state index in [2.05, 4.69) is 4.72 Å². The molecule has 2 N–H and O–H groups in total. The molecule has 3 aromatic carbocycles. The van der Waals surface area contributed by atoms with Crippen LogP contribution in [0.25, 0.3) is 0 Å². The minimum atomic E-state index is -4.12. The van der Waals surface area contributed by atoms with E-state index in [0.717, 1.165) is 11.1 Å². The Kier molecular flexibility index (Phi) is 5.73. The van der Waals surface area contributed by atoms with Gasteiger partial charge in [0.1, 0.15) is 0 Å². The van der Waals surface area contributed by atoms with Crippen LogP contribution in [0, 0.1) is 0 Å². The number of rotatable bonds is 6. The number of benzene rings is 3. The highest BCUT2D eigenvalue weighted by molar-refractivity contribution is 7.91. The maximum Gasteiger partial charge on any atom is 0.423 e. The molecule has 0 aromatic heterocycles. The maximum absolute atomic E-state index is 12.3. The van der Waals surface area contributed by atoms with Crippen LogP contribution in [-0.4, -0.2) is 14.5 Å². The van der Waals surface area contributed by atoms with E-state index in [0.29, 0.717) is 5.69 Å². The van der Waals surface area contributed by atoms with Crippen LogP contribution in [0.15, 0.2) is 91.0 Å². The van der Waals surface area contributed by atoms with Gasteiger partial charge in [0.05, 0.1) is 5.69 Å². The SMILES string of the molecule is O=C(NS(=O)(=O)Nc1ccccc1)OC(c1ccccc1)c1ccccc1. The molecule has 0 atom stereocenters. The van der Waals surface area contributed by atoms with Crippen molar-refractivity contribution in [2.75, 3.05) is 4.72 Å². The summed E-state index contributed by atoms with van der Waals surface area (Å²) in [6.45, 7) is 0. The Morgan fingerprint density at radius 3 is 1.67 bits per heavy atom. The van der Waals surface area contributed by atoms with Gasteiger partial charge < -0.3 is 4.74 Å². The standard InChI is InChI=1S/C20H18N2O4S/c23-20(22-27(24,25)21-18-14-8-3-9-15-18)26-19(16-10-4-1-5-11-16)17-12-6-2-7-13-17/h1-15,19,21H,(H,22,23). The second kappa shape index (κ2) is 8.37. The summed E-state index contributed by atoms with van der Waals surface area (Å²) in [5, 5.41) is 0. The van der Waals surface area contributed by atoms with Crippen LogP contribution in [0.5, 0.6) is 0 Å². The molecule has 1 amide bonds. The molecule has 0 radical (unpaired) electrons. The van der Waals surface area contributed by atoms with Crippen LogP contribution < -0.4 is 9.44 Å². The van der Waals surface area contributed by atoms with Gasteiger partial charge in [-0.25, -0.2) is 9.52 Å². The van der Waals surface area contributed by atoms with Crippen LogP contribution >= 0.6 is 0 Å². The number of ether oxygens (including phenoxy) is 1. The summed E-state index contributed by atoms with van der Waals surface area (Å²) in [6, 6.07) is 26.5. The zero-order chi connectivity index (χ0) is 19.1. The minimum Gasteiger partial charge on any atom is -0.436 e. The van der Waals surface area contributed by atoms with E-state index in [-0.39, 0.29) is 0 Å². The van der Waals surface area contributed by atoms with E-state index in [1.165, 1.54) is 0 Å². The molecule has 3 rings (SSSR count). The largest absolute Gasteiger partial charge is 0.436 e. The molecular formula is C20H18N2O4S. The van der Waals surface area contributed by atoms with Crippen LogP contribution in [0.1, 0.15) is 17.2 Å². The molecule has 0 unspecified atom stereocenters. The number of carbonyl (C=O) groups is 1. The summed E-state index contributed by atoms with van der Waals surface area (Å²) in [5.74, 6) is 0. The number of nitrogens with one attached hydrogen (secondary N) is 2. The molecule has 0 aliphatic heterocycles. The zero-order valence-corrected chi connectivity index (χ0v) is 15.1. The fraction of sp³-hybridized carbons (Fsp3) is 0.0500. The lowest BCUT2D eigenvalue weighted by Crippen LogP contribution is -2.36. The molecule has 0 aliphatic rings. The van der Waals surface area contributed by atoms with Crippen molar-refractivity contribution in [2.24, 2.45) is 0 Å². The second-order valence-corrected chi connectivity index (χ2v) is 7.10. The normalized spacial score (nSPS) is 11.0. The molecule has 0 heterocycles. The van der Waals surface area contributed by atoms with E-state index < -0.39 is 22.4 Å². The van der Waals surface area contributed by atoms with Crippen molar-refractivity contribution in [3.05, 3.63) is 102 Å². The number of hydrogen-bond acceptors (Lipinski definition) is 4. The van der Waals surface area contributed by atoms with E-state index in [1.807, 2.05) is 65.4 Å². The average Bonchev–Trinajstić information content (AvgIpc) is 2.67. The van der Waals surface area contributed by atoms with Crippen molar-refractivity contribution < 1.29 is 17.9 Å². The van der Waals surface area contributed by atoms with Gasteiger partial charge in [0, 0.05) is 0 Å². The molecule has 0 bridgehead atoms. The molecular weight excluding hydrogens is 364 g/mol. The van der Waals surface area contributed by atoms with Gasteiger partial charge in [0.15, 0.2) is 6.10 Å². The van der Waals surface area contributed by atoms with E-state index >= 15 is 0 Å². The van der Waals surface area contributed by atoms with Gasteiger partial charge in [0.2, 0.25) is 0 Å². The highest BCUT2D eigenvalue weighted by Gasteiger charge is 2.22. The maximum atomic E-state index is 12.3. The third-order valence-electron chi connectivity index (χ3n) is 3.67. The van der Waals surface area contributed by atoms with Gasteiger partial charge in [-0.1, -0.05) is 78.9 Å². The first-order valence-corrected chi connectivity index (χ1v) is 9.68. The molecule has 3 aromatic rings. The zero-order valence-electron chi connectivity index (χ0n) is 14.3. The quantitative estimate of drug-likeness (QED) is 0.678. The predicted octanol–water partition coefficient (Wildman–Crippen LogP) is 3.86. The highest BCUT2D eigenvalue weighted by Crippen LogP contribution is 2.25. The van der Waals surface area contributed by atoms with Gasteiger partial charge in [0.25, 0.3) is 0 Å². The number of anilines is 1. The van der Waals surface area contributed by atoms with Crippen molar-refractivity contribution in [3.8, 4) is 0 Å². The summed E-state index contributed by atoms with van der Waals surface area (Å²) < 4.78 is 33.8. The Labute approximate surface area is 158 Å². The lowest BCUT2D eigenvalue weighted by molar-refractivity contribution is 0.122. The fourth-order valence-electron chi connectivity index (χ4n) is 2.51. The highest BCUT2D eigenvalue weighted by atomic mass is 32.2. The van der Waals surface area contributed by atoms with Gasteiger partial charge in [-0.2, -0.15) is 8.42 Å². The van der Waals surface area contributed by atoms with Crippen molar-refractivity contribution in [1.82, 2.24) is 4.72 Å². The molecule has 138 valence electrons. The Bertz CT molecular complexity index is 939. The summed E-state index contributed by atoms with van der Waals surface area (Å²) in [6.07, 6.45) is -1.81. The predicted molar refractivity (Wildman–Crippen MR) is 103 cm³/mol. The third-order valence-corrected chi connectivity index (χ3v) is 4.61. The fourth-order valence-corrected chi connectivity index (χ4v) is 3.28. The van der Waals surface area contributed by atoms with Crippen molar-refractivity contribution in [1.29, 1.82) is 0 Å². The first-order valence-electron chi connectivity index (χ1n) is 8.19. The summed E-state index contributed by atoms with van der Waals surface area (Å²) in [5.41, 5.74) is 1.79. The Morgan fingerprint density at radius 1 is 0.741 bits per heavy atom. The van der Waals surface area contributed by atoms with Gasteiger partial charge in [-0.15, -0.1) is 0 Å². The molecule has 6 nitrogen and oxygen atoms in total. The van der Waals surface area contributed by atoms with E-state index in [9.17, 15) is 13.2 Å². The molecule has 27 heavy (non-hydrogen) atoms. The Balaban J connectivity index is 1.75. The average molecular weight is 382 g/mol. The summed E-state index contributed by atoms with van der Waals surface area (Å²) in [7, 11) is -4.12. The lowest BCUT2D eigenvalue weighted by atomic mass is 10.0. The van der Waals surface area contributed by atoms with Crippen LogP contribution in [0.3, 0.4) is 0 Å². The molecule has 0 saturated carbocycles. The van der Waals surface area contributed by atoms with Crippen LogP contribution in [-0.2, 0) is 14.9 Å². The van der Waals surface area contributed by atoms with Gasteiger partial charge >= 0.3 is 16.3 Å². The summed E-state index contributed by atoms with van der Waals surface area (Å²) >= 11 is 0. The van der Waals surface area contributed by atoms with E-state index in [4.69, 9.17) is 4.74 Å². The number of hydrogen-bond donors (Lipinski definition) is 2. The smallest absolute Gasteiger partial charge is 0.423 e. The van der Waals surface area contributed by atoms with Crippen molar-refractivity contribution in [2.45, 2.75) is 6.10 Å². The van der Waals surface area contributed by atoms with Crippen LogP contribution in [0.4, 0.5) is 10.5 Å². The minimum absolute atomic E-state index is 0.334. The van der Waals surface area contributed by atoms with Crippen molar-refractivity contribution in [3.63, 3.8) is 0 Å². The Hall–Kier alpha value is -3.32. The first-order chi connectivity index (χ1) is 13.0. The van der Waals surface area contributed by atoms with E-state index in [1.54, 1.807) is 30.3 Å². The first kappa shape index (κ1) is 18.5. The molecule has 0 spiro atoms. The van der Waals surface area contributed by atoms with Gasteiger partial charge in [-0.05, 0) is 23.3 Å². The Morgan fingerprint density at radius 2 is 1.19 bits per heavy atom. The van der Waals surface area contributed by atoms with Crippen molar-refractivity contribution >= 4 is 22.0 Å². The lowest BCUT2D eigenvalue weighted by Gasteiger charge is -2.19. The molecule has 0 fully saturated rings. The van der Waals surface area contributed by atoms with Gasteiger partial charge in [-0.3, -0.25) is 4.72 Å².